The molecule has 2 aliphatic rings. The molecule has 5 rings (SSSR count). The number of halogens is 1. The van der Waals surface area contributed by atoms with Gasteiger partial charge in [-0.05, 0) is 49.9 Å². The lowest BCUT2D eigenvalue weighted by Gasteiger charge is -2.44. The second kappa shape index (κ2) is 7.07. The molecule has 8 heteroatoms. The van der Waals surface area contributed by atoms with Crippen LogP contribution in [0.3, 0.4) is 0 Å². The maximum Gasteiger partial charge on any atom is 0.151 e. The molecule has 0 spiro atoms. The largest absolute Gasteiger partial charge is 0.507 e. The second-order valence-electron chi connectivity index (χ2n) is 9.49. The van der Waals surface area contributed by atoms with Crippen molar-refractivity contribution in [2.45, 2.75) is 50.1 Å². The van der Waals surface area contributed by atoms with Crippen LogP contribution in [0.1, 0.15) is 32.6 Å². The number of nitrogens with zero attached hydrogens (tertiary/aromatic N) is 5. The van der Waals surface area contributed by atoms with Crippen molar-refractivity contribution in [1.29, 1.82) is 0 Å². The van der Waals surface area contributed by atoms with Crippen molar-refractivity contribution in [1.82, 2.24) is 19.7 Å². The molecule has 2 bridgehead atoms. The SMILES string of the molecule is [B][C@]12C[C@H](N(C)c3ccc(-c4ccc(-n5ccnc5)cc4O)nn3)C[C@](C)(C1)[C@H](F)C2. The van der Waals surface area contributed by atoms with E-state index in [2.05, 4.69) is 20.1 Å². The minimum Gasteiger partial charge on any atom is -0.507 e. The van der Waals surface area contributed by atoms with Crippen LogP contribution >= 0.6 is 0 Å². The number of benzene rings is 1. The fraction of sp³-hybridized carbons (Fsp3) is 0.435. The van der Waals surface area contributed by atoms with Crippen molar-refractivity contribution in [3.8, 4) is 22.7 Å². The average Bonchev–Trinajstić information content (AvgIpc) is 3.32. The molecule has 0 aliphatic heterocycles. The Morgan fingerprint density at radius 1 is 1.19 bits per heavy atom. The van der Waals surface area contributed by atoms with Crippen LogP contribution in [0, 0.1) is 5.41 Å². The Labute approximate surface area is 182 Å². The molecule has 0 saturated heterocycles. The molecule has 1 N–H and O–H groups in total. The van der Waals surface area contributed by atoms with E-state index in [4.69, 9.17) is 7.85 Å². The highest BCUT2D eigenvalue weighted by Crippen LogP contribution is 2.62. The summed E-state index contributed by atoms with van der Waals surface area (Å²) in [6, 6.07) is 9.24. The van der Waals surface area contributed by atoms with E-state index in [1.807, 2.05) is 49.0 Å². The first kappa shape index (κ1) is 20.0. The van der Waals surface area contributed by atoms with Crippen LogP contribution in [-0.4, -0.2) is 52.0 Å². The van der Waals surface area contributed by atoms with Gasteiger partial charge in [-0.3, -0.25) is 0 Å². The minimum absolute atomic E-state index is 0.118. The summed E-state index contributed by atoms with van der Waals surface area (Å²) in [5, 5.41) is 18.8. The zero-order chi connectivity index (χ0) is 21.8. The lowest BCUT2D eigenvalue weighted by molar-refractivity contribution is 0.127. The van der Waals surface area contributed by atoms with Crippen molar-refractivity contribution < 1.29 is 9.50 Å². The summed E-state index contributed by atoms with van der Waals surface area (Å²) >= 11 is 0. The molecule has 4 atom stereocenters. The number of imidazole rings is 1. The molecule has 1 aromatic carbocycles. The van der Waals surface area contributed by atoms with E-state index in [1.165, 1.54) is 0 Å². The Hall–Kier alpha value is -2.90. The number of phenolic OH excluding ortho intramolecular Hbond substituents is 1. The maximum atomic E-state index is 14.6. The number of hydrogen-bond acceptors (Lipinski definition) is 5. The number of phenols is 1. The van der Waals surface area contributed by atoms with Crippen molar-refractivity contribution in [2.75, 3.05) is 11.9 Å². The molecule has 0 amide bonds. The Morgan fingerprint density at radius 2 is 2.03 bits per heavy atom. The van der Waals surface area contributed by atoms with Crippen LogP contribution in [0.2, 0.25) is 5.31 Å². The quantitative estimate of drug-likeness (QED) is 0.648. The molecule has 2 aromatic heterocycles. The second-order valence-corrected chi connectivity index (χ2v) is 9.49. The van der Waals surface area contributed by atoms with Gasteiger partial charge in [0.15, 0.2) is 5.82 Å². The van der Waals surface area contributed by atoms with Gasteiger partial charge in [-0.25, -0.2) is 9.37 Å². The molecule has 2 saturated carbocycles. The molecule has 31 heavy (non-hydrogen) atoms. The predicted molar refractivity (Wildman–Crippen MR) is 118 cm³/mol. The standard InChI is InChI=1S/C23H25BFN5O/c1-22-10-16(11-23(24,13-22)12-20(22)25)29(2)21-6-5-18(27-28-21)17-4-3-15(9-19(17)31)30-8-7-26-14-30/h3-9,14,16,20,31H,10-13H2,1-2H3/t16-,20-,22-,23+/m1/s1. The van der Waals surface area contributed by atoms with Gasteiger partial charge in [0.1, 0.15) is 11.9 Å². The summed E-state index contributed by atoms with van der Waals surface area (Å²) in [6.07, 6.45) is 7.00. The number of aromatic nitrogens is 4. The van der Waals surface area contributed by atoms with Crippen LogP contribution in [0.25, 0.3) is 16.9 Å². The van der Waals surface area contributed by atoms with Crippen LogP contribution < -0.4 is 4.90 Å². The Morgan fingerprint density at radius 3 is 2.68 bits per heavy atom. The fourth-order valence-electron chi connectivity index (χ4n) is 5.45. The minimum atomic E-state index is -0.849. The number of alkyl halides is 1. The lowest BCUT2D eigenvalue weighted by Crippen LogP contribution is -2.43. The molecule has 2 aliphatic carbocycles. The zero-order valence-corrected chi connectivity index (χ0v) is 17.7. The predicted octanol–water partition coefficient (Wildman–Crippen LogP) is 4.10. The van der Waals surface area contributed by atoms with Crippen LogP contribution in [0.4, 0.5) is 10.2 Å². The summed E-state index contributed by atoms with van der Waals surface area (Å²) in [6.45, 7) is 2.01. The number of rotatable bonds is 4. The van der Waals surface area contributed by atoms with Gasteiger partial charge in [0.05, 0.1) is 25.6 Å². The molecule has 6 nitrogen and oxygen atoms in total. The highest BCUT2D eigenvalue weighted by Gasteiger charge is 2.55. The normalized spacial score (nSPS) is 29.8. The van der Waals surface area contributed by atoms with Gasteiger partial charge in [0.25, 0.3) is 0 Å². The van der Waals surface area contributed by atoms with Gasteiger partial charge in [0, 0.05) is 42.5 Å². The van der Waals surface area contributed by atoms with Gasteiger partial charge in [0.2, 0.25) is 0 Å². The molecule has 2 heterocycles. The Kier molecular flexibility index (Phi) is 4.57. The molecular formula is C23H25BFN5O. The van der Waals surface area contributed by atoms with E-state index < -0.39 is 11.5 Å². The van der Waals surface area contributed by atoms with E-state index in [1.54, 1.807) is 18.6 Å². The molecule has 0 unspecified atom stereocenters. The summed E-state index contributed by atoms with van der Waals surface area (Å²) in [7, 11) is 8.48. The van der Waals surface area contributed by atoms with Gasteiger partial charge < -0.3 is 14.6 Å². The van der Waals surface area contributed by atoms with Crippen molar-refractivity contribution in [3.63, 3.8) is 0 Å². The highest BCUT2D eigenvalue weighted by atomic mass is 19.1. The third-order valence-corrected chi connectivity index (χ3v) is 7.06. The van der Waals surface area contributed by atoms with Crippen molar-refractivity contribution in [3.05, 3.63) is 49.1 Å². The molecule has 158 valence electrons. The smallest absolute Gasteiger partial charge is 0.151 e. The lowest BCUT2D eigenvalue weighted by atomic mass is 9.57. The first-order chi connectivity index (χ1) is 14.8. The van der Waals surface area contributed by atoms with Gasteiger partial charge in [-0.15, -0.1) is 10.2 Å². The van der Waals surface area contributed by atoms with E-state index in [9.17, 15) is 9.50 Å². The topological polar surface area (TPSA) is 67.1 Å². The fourth-order valence-corrected chi connectivity index (χ4v) is 5.45. The van der Waals surface area contributed by atoms with Crippen LogP contribution in [0.5, 0.6) is 5.75 Å². The Balaban J connectivity index is 1.36. The zero-order valence-electron chi connectivity index (χ0n) is 17.7. The number of hydrogen-bond donors (Lipinski definition) is 1. The summed E-state index contributed by atoms with van der Waals surface area (Å²) < 4.78 is 16.4. The highest BCUT2D eigenvalue weighted by molar-refractivity contribution is 6.15. The number of anilines is 1. The maximum absolute atomic E-state index is 14.6. The van der Waals surface area contributed by atoms with E-state index in [-0.39, 0.29) is 17.2 Å². The average molecular weight is 417 g/mol. The molecule has 2 fully saturated rings. The monoisotopic (exact) mass is 417 g/mol. The van der Waals surface area contributed by atoms with Gasteiger partial charge >= 0.3 is 0 Å². The molecular weight excluding hydrogens is 392 g/mol. The molecule has 2 radical (unpaired) electrons. The van der Waals surface area contributed by atoms with E-state index in [0.29, 0.717) is 23.5 Å². The summed E-state index contributed by atoms with van der Waals surface area (Å²) in [5.41, 5.74) is 1.63. The summed E-state index contributed by atoms with van der Waals surface area (Å²) in [5.74, 6) is 0.838. The Bertz CT molecular complexity index is 1090. The summed E-state index contributed by atoms with van der Waals surface area (Å²) in [4.78, 5) is 6.09. The van der Waals surface area contributed by atoms with Crippen LogP contribution in [-0.2, 0) is 0 Å². The first-order valence-electron chi connectivity index (χ1n) is 10.6. The third-order valence-electron chi connectivity index (χ3n) is 7.06. The van der Waals surface area contributed by atoms with Crippen molar-refractivity contribution >= 4 is 13.7 Å². The van der Waals surface area contributed by atoms with Gasteiger partial charge in [-0.1, -0.05) is 12.2 Å². The number of fused-ring (bicyclic) bond motifs is 2. The van der Waals surface area contributed by atoms with E-state index in [0.717, 1.165) is 24.9 Å². The van der Waals surface area contributed by atoms with E-state index >= 15 is 0 Å². The third kappa shape index (κ3) is 3.48. The first-order valence-corrected chi connectivity index (χ1v) is 10.6. The van der Waals surface area contributed by atoms with Crippen LogP contribution in [0.15, 0.2) is 49.1 Å². The van der Waals surface area contributed by atoms with Gasteiger partial charge in [-0.2, -0.15) is 0 Å². The van der Waals surface area contributed by atoms with Crippen molar-refractivity contribution in [2.24, 2.45) is 5.41 Å². The number of aromatic hydroxyl groups is 1. The molecule has 3 aromatic rings.